The standard InChI is InChI=1S/C21H21ClN4O2/c22-15-9-7-14(8-10-15)12-26-11-3-4-16(13-26)23-21(28)19-17-5-1-2-6-18(17)20(27)25-24-19/h1-2,5-10,16H,3-4,11-13H2,(H,23,28)(H,25,27). The van der Waals surface area contributed by atoms with Gasteiger partial charge < -0.3 is 5.32 Å². The molecule has 1 fully saturated rings. The van der Waals surface area contributed by atoms with Crippen LogP contribution < -0.4 is 10.9 Å². The van der Waals surface area contributed by atoms with Crippen LogP contribution in [0.4, 0.5) is 0 Å². The van der Waals surface area contributed by atoms with Crippen molar-refractivity contribution in [2.75, 3.05) is 13.1 Å². The predicted octanol–water partition coefficient (Wildman–Crippen LogP) is 2.97. The summed E-state index contributed by atoms with van der Waals surface area (Å²) >= 11 is 5.96. The fraction of sp³-hybridized carbons (Fsp3) is 0.286. The Morgan fingerprint density at radius 2 is 1.93 bits per heavy atom. The van der Waals surface area contributed by atoms with Crippen molar-refractivity contribution in [3.63, 3.8) is 0 Å². The zero-order valence-corrected chi connectivity index (χ0v) is 16.1. The monoisotopic (exact) mass is 396 g/mol. The van der Waals surface area contributed by atoms with Crippen LogP contribution >= 0.6 is 11.6 Å². The van der Waals surface area contributed by atoms with Crippen molar-refractivity contribution in [2.45, 2.75) is 25.4 Å². The number of nitrogens with one attached hydrogen (secondary N) is 2. The highest BCUT2D eigenvalue weighted by atomic mass is 35.5. The van der Waals surface area contributed by atoms with Crippen LogP contribution in [0.3, 0.4) is 0 Å². The molecule has 3 aromatic rings. The molecular formula is C21H21ClN4O2. The number of rotatable bonds is 4. The quantitative estimate of drug-likeness (QED) is 0.710. The molecule has 0 bridgehead atoms. The number of amides is 1. The van der Waals surface area contributed by atoms with E-state index < -0.39 is 0 Å². The molecule has 0 aliphatic carbocycles. The molecule has 1 aromatic heterocycles. The van der Waals surface area contributed by atoms with Crippen molar-refractivity contribution in [3.05, 3.63) is 75.2 Å². The fourth-order valence-corrected chi connectivity index (χ4v) is 3.83. The molecule has 1 unspecified atom stereocenters. The highest BCUT2D eigenvalue weighted by Crippen LogP contribution is 2.17. The van der Waals surface area contributed by atoms with Gasteiger partial charge in [-0.2, -0.15) is 5.10 Å². The fourth-order valence-electron chi connectivity index (χ4n) is 3.71. The molecule has 2 aromatic carbocycles. The second-order valence-electron chi connectivity index (χ2n) is 7.12. The van der Waals surface area contributed by atoms with Gasteiger partial charge in [0, 0.05) is 29.5 Å². The van der Waals surface area contributed by atoms with Gasteiger partial charge in [-0.15, -0.1) is 0 Å². The molecule has 144 valence electrons. The van der Waals surface area contributed by atoms with E-state index in [0.717, 1.165) is 37.5 Å². The lowest BCUT2D eigenvalue weighted by Crippen LogP contribution is -2.47. The topological polar surface area (TPSA) is 78.1 Å². The Morgan fingerprint density at radius 1 is 1.18 bits per heavy atom. The third-order valence-electron chi connectivity index (χ3n) is 5.07. The van der Waals surface area contributed by atoms with Crippen LogP contribution in [0.5, 0.6) is 0 Å². The Kier molecular flexibility index (Phi) is 5.41. The van der Waals surface area contributed by atoms with Gasteiger partial charge in [-0.3, -0.25) is 14.5 Å². The van der Waals surface area contributed by atoms with Gasteiger partial charge >= 0.3 is 0 Å². The Balaban J connectivity index is 1.45. The molecule has 2 N–H and O–H groups in total. The average molecular weight is 397 g/mol. The molecule has 1 amide bonds. The van der Waals surface area contributed by atoms with Crippen LogP contribution in [-0.2, 0) is 6.54 Å². The number of likely N-dealkylation sites (tertiary alicyclic amines) is 1. The Hall–Kier alpha value is -2.70. The number of hydrogen-bond donors (Lipinski definition) is 2. The molecule has 1 atom stereocenters. The van der Waals surface area contributed by atoms with E-state index in [-0.39, 0.29) is 23.2 Å². The molecule has 28 heavy (non-hydrogen) atoms. The third kappa shape index (κ3) is 4.08. The van der Waals surface area contributed by atoms with Crippen molar-refractivity contribution in [1.82, 2.24) is 20.4 Å². The SMILES string of the molecule is O=C(NC1CCCN(Cc2ccc(Cl)cc2)C1)c1n[nH]c(=O)c2ccccc12. The summed E-state index contributed by atoms with van der Waals surface area (Å²) in [7, 11) is 0. The molecule has 1 aliphatic heterocycles. The number of nitrogens with zero attached hydrogens (tertiary/aromatic N) is 2. The number of hydrogen-bond acceptors (Lipinski definition) is 4. The maximum Gasteiger partial charge on any atom is 0.272 e. The van der Waals surface area contributed by atoms with Crippen molar-refractivity contribution >= 4 is 28.3 Å². The number of fused-ring (bicyclic) bond motifs is 1. The van der Waals surface area contributed by atoms with Crippen LogP contribution in [-0.4, -0.2) is 40.1 Å². The summed E-state index contributed by atoms with van der Waals surface area (Å²) in [5.74, 6) is -0.259. The minimum Gasteiger partial charge on any atom is -0.347 e. The summed E-state index contributed by atoms with van der Waals surface area (Å²) in [6.45, 7) is 2.59. The van der Waals surface area contributed by atoms with E-state index in [1.807, 2.05) is 24.3 Å². The highest BCUT2D eigenvalue weighted by molar-refractivity contribution is 6.30. The molecule has 0 saturated carbocycles. The Bertz CT molecular complexity index is 1050. The maximum absolute atomic E-state index is 12.8. The van der Waals surface area contributed by atoms with Crippen molar-refractivity contribution < 1.29 is 4.79 Å². The largest absolute Gasteiger partial charge is 0.347 e. The summed E-state index contributed by atoms with van der Waals surface area (Å²) < 4.78 is 0. The first-order valence-corrected chi connectivity index (χ1v) is 9.73. The zero-order chi connectivity index (χ0) is 19.5. The van der Waals surface area contributed by atoms with Crippen LogP contribution in [0, 0.1) is 0 Å². The van der Waals surface area contributed by atoms with E-state index in [1.165, 1.54) is 5.56 Å². The predicted molar refractivity (Wildman–Crippen MR) is 110 cm³/mol. The molecule has 6 nitrogen and oxygen atoms in total. The first kappa shape index (κ1) is 18.7. The van der Waals surface area contributed by atoms with Crippen molar-refractivity contribution in [3.8, 4) is 0 Å². The van der Waals surface area contributed by atoms with Crippen LogP contribution in [0.25, 0.3) is 10.8 Å². The average Bonchev–Trinajstić information content (AvgIpc) is 2.70. The number of piperidine rings is 1. The van der Waals surface area contributed by atoms with E-state index in [0.29, 0.717) is 10.8 Å². The first-order valence-electron chi connectivity index (χ1n) is 9.35. The number of aromatic nitrogens is 2. The summed E-state index contributed by atoms with van der Waals surface area (Å²) in [6.07, 6.45) is 1.93. The second-order valence-corrected chi connectivity index (χ2v) is 7.56. The Morgan fingerprint density at radius 3 is 2.71 bits per heavy atom. The lowest BCUT2D eigenvalue weighted by molar-refractivity contribution is 0.0896. The number of carbonyl (C=O) groups excluding carboxylic acids is 1. The van der Waals surface area contributed by atoms with Crippen LogP contribution in [0.15, 0.2) is 53.3 Å². The van der Waals surface area contributed by atoms with Gasteiger partial charge in [0.25, 0.3) is 11.5 Å². The summed E-state index contributed by atoms with van der Waals surface area (Å²) in [5.41, 5.74) is 1.16. The Labute approximate surface area is 167 Å². The molecule has 2 heterocycles. The van der Waals surface area contributed by atoms with Gasteiger partial charge in [-0.25, -0.2) is 5.10 Å². The molecule has 1 saturated heterocycles. The highest BCUT2D eigenvalue weighted by Gasteiger charge is 2.23. The van der Waals surface area contributed by atoms with Gasteiger partial charge in [0.2, 0.25) is 0 Å². The molecule has 7 heteroatoms. The molecule has 4 rings (SSSR count). The van der Waals surface area contributed by atoms with Crippen LogP contribution in [0.2, 0.25) is 5.02 Å². The molecule has 1 aliphatic rings. The molecule has 0 spiro atoms. The minimum absolute atomic E-state index is 0.0426. The third-order valence-corrected chi connectivity index (χ3v) is 5.32. The lowest BCUT2D eigenvalue weighted by atomic mass is 10.0. The van der Waals surface area contributed by atoms with Gasteiger partial charge in [0.1, 0.15) is 0 Å². The number of halogens is 1. The summed E-state index contributed by atoms with van der Waals surface area (Å²) in [5, 5.41) is 11.3. The normalized spacial score (nSPS) is 17.5. The van der Waals surface area contributed by atoms with Crippen molar-refractivity contribution in [1.29, 1.82) is 0 Å². The minimum atomic E-state index is -0.293. The number of benzene rings is 2. The van der Waals surface area contributed by atoms with E-state index in [2.05, 4.69) is 20.4 Å². The number of carbonyl (C=O) groups is 1. The van der Waals surface area contributed by atoms with E-state index in [4.69, 9.17) is 11.6 Å². The lowest BCUT2D eigenvalue weighted by Gasteiger charge is -2.33. The number of H-pyrrole nitrogens is 1. The molecular weight excluding hydrogens is 376 g/mol. The zero-order valence-electron chi connectivity index (χ0n) is 15.3. The van der Waals surface area contributed by atoms with E-state index >= 15 is 0 Å². The number of aromatic amines is 1. The molecule has 0 radical (unpaired) electrons. The second kappa shape index (κ2) is 8.12. The van der Waals surface area contributed by atoms with Gasteiger partial charge in [-0.05, 0) is 43.1 Å². The van der Waals surface area contributed by atoms with Gasteiger partial charge in [0.15, 0.2) is 5.69 Å². The van der Waals surface area contributed by atoms with Gasteiger partial charge in [-0.1, -0.05) is 41.9 Å². The van der Waals surface area contributed by atoms with E-state index in [1.54, 1.807) is 24.3 Å². The van der Waals surface area contributed by atoms with Crippen LogP contribution in [0.1, 0.15) is 28.9 Å². The summed E-state index contributed by atoms with van der Waals surface area (Å²) in [6, 6.07) is 14.9. The first-order chi connectivity index (χ1) is 13.6. The maximum atomic E-state index is 12.8. The van der Waals surface area contributed by atoms with E-state index in [9.17, 15) is 9.59 Å². The summed E-state index contributed by atoms with van der Waals surface area (Å²) in [4.78, 5) is 27.1. The van der Waals surface area contributed by atoms with Crippen molar-refractivity contribution in [2.24, 2.45) is 0 Å². The van der Waals surface area contributed by atoms with Gasteiger partial charge in [0.05, 0.1) is 5.39 Å². The smallest absolute Gasteiger partial charge is 0.272 e.